The molecule has 23 heavy (non-hydrogen) atoms. The van der Waals surface area contributed by atoms with E-state index in [2.05, 4.69) is 15.4 Å². The van der Waals surface area contributed by atoms with Gasteiger partial charge in [-0.05, 0) is 50.2 Å². The van der Waals surface area contributed by atoms with E-state index in [4.69, 9.17) is 5.11 Å². The Bertz CT molecular complexity index is 532. The molecular formula is C16H22F2N2O3. The van der Waals surface area contributed by atoms with Gasteiger partial charge in [0, 0.05) is 24.4 Å². The predicted molar refractivity (Wildman–Crippen MR) is 82.8 cm³/mol. The van der Waals surface area contributed by atoms with E-state index in [0.717, 1.165) is 25.7 Å². The molecule has 5 nitrogen and oxygen atoms in total. The number of aryl methyl sites for hydroxylation is 1. The average Bonchev–Trinajstić information content (AvgIpc) is 2.51. The lowest BCUT2D eigenvalue weighted by Crippen LogP contribution is -2.40. The van der Waals surface area contributed by atoms with Crippen LogP contribution in [0.15, 0.2) is 18.2 Å². The molecule has 0 unspecified atom stereocenters. The lowest BCUT2D eigenvalue weighted by atomic mass is 9.87. The molecule has 7 heteroatoms. The van der Waals surface area contributed by atoms with Crippen molar-refractivity contribution in [3.63, 3.8) is 0 Å². The molecule has 1 aliphatic rings. The minimum Gasteiger partial charge on any atom is -0.434 e. The van der Waals surface area contributed by atoms with Crippen LogP contribution in [0.5, 0.6) is 5.75 Å². The number of anilines is 1. The molecule has 3 N–H and O–H groups in total. The second kappa shape index (κ2) is 8.10. The van der Waals surface area contributed by atoms with Crippen molar-refractivity contribution < 1.29 is 23.4 Å². The van der Waals surface area contributed by atoms with Crippen LogP contribution in [-0.4, -0.2) is 30.4 Å². The quantitative estimate of drug-likeness (QED) is 0.777. The first-order chi connectivity index (χ1) is 11.0. The summed E-state index contributed by atoms with van der Waals surface area (Å²) in [6.07, 6.45) is 3.43. The van der Waals surface area contributed by atoms with Crippen LogP contribution in [0, 0.1) is 12.8 Å². The highest BCUT2D eigenvalue weighted by atomic mass is 19.3. The molecular weight excluding hydrogens is 306 g/mol. The van der Waals surface area contributed by atoms with E-state index in [1.165, 1.54) is 6.07 Å². The van der Waals surface area contributed by atoms with Crippen LogP contribution < -0.4 is 15.4 Å². The second-order valence-corrected chi connectivity index (χ2v) is 5.86. The van der Waals surface area contributed by atoms with Crippen LogP contribution in [0.25, 0.3) is 0 Å². The van der Waals surface area contributed by atoms with Gasteiger partial charge in [0.25, 0.3) is 0 Å². The number of hydrogen-bond donors (Lipinski definition) is 3. The molecule has 1 saturated carbocycles. The zero-order valence-corrected chi connectivity index (χ0v) is 13.0. The van der Waals surface area contributed by atoms with Gasteiger partial charge in [-0.3, -0.25) is 0 Å². The largest absolute Gasteiger partial charge is 0.434 e. The molecule has 0 saturated heterocycles. The molecule has 0 aromatic heterocycles. The molecule has 1 aromatic carbocycles. The number of aliphatic hydroxyl groups is 1. The Balaban J connectivity index is 1.88. The van der Waals surface area contributed by atoms with Crippen LogP contribution >= 0.6 is 0 Å². The molecule has 1 fully saturated rings. The zero-order valence-electron chi connectivity index (χ0n) is 13.0. The Morgan fingerprint density at radius 2 is 2.04 bits per heavy atom. The molecule has 1 aliphatic carbocycles. The summed E-state index contributed by atoms with van der Waals surface area (Å²) in [5, 5.41) is 14.6. The number of carbonyl (C=O) groups excluding carboxylic acids is 1. The van der Waals surface area contributed by atoms with Gasteiger partial charge in [-0.25, -0.2) is 4.79 Å². The number of urea groups is 1. The third-order valence-electron chi connectivity index (χ3n) is 4.10. The molecule has 1 aromatic rings. The highest BCUT2D eigenvalue weighted by Crippen LogP contribution is 2.25. The van der Waals surface area contributed by atoms with Gasteiger partial charge in [0.15, 0.2) is 0 Å². The minimum absolute atomic E-state index is 0.0428. The van der Waals surface area contributed by atoms with Gasteiger partial charge in [0.1, 0.15) is 5.75 Å². The fourth-order valence-corrected chi connectivity index (χ4v) is 2.74. The van der Waals surface area contributed by atoms with Crippen molar-refractivity contribution in [2.45, 2.75) is 45.3 Å². The van der Waals surface area contributed by atoms with Crippen LogP contribution in [0.1, 0.15) is 31.2 Å². The van der Waals surface area contributed by atoms with Gasteiger partial charge < -0.3 is 20.5 Å². The number of alkyl halides is 2. The number of halogens is 2. The standard InChI is InChI=1S/C16H22F2N2O3/c1-10-2-5-13(8-14(10)23-15(17)18)20-16(22)19-12-6-3-11(9-21)4-7-12/h2,5,8,11-12,15,21H,3-4,6-7,9H2,1H3,(H2,19,20,22). The summed E-state index contributed by atoms with van der Waals surface area (Å²) in [5.74, 6) is 0.364. The lowest BCUT2D eigenvalue weighted by Gasteiger charge is -2.28. The van der Waals surface area contributed by atoms with Crippen molar-refractivity contribution in [2.24, 2.45) is 5.92 Å². The first kappa shape index (κ1) is 17.5. The maximum atomic E-state index is 12.3. The van der Waals surface area contributed by atoms with E-state index < -0.39 is 6.61 Å². The van der Waals surface area contributed by atoms with E-state index in [1.54, 1.807) is 19.1 Å². The SMILES string of the molecule is Cc1ccc(NC(=O)NC2CCC(CO)CC2)cc1OC(F)F. The van der Waals surface area contributed by atoms with Crippen molar-refractivity contribution >= 4 is 11.7 Å². The zero-order chi connectivity index (χ0) is 16.8. The summed E-state index contributed by atoms with van der Waals surface area (Å²) >= 11 is 0. The van der Waals surface area contributed by atoms with Crippen molar-refractivity contribution in [1.82, 2.24) is 5.32 Å². The second-order valence-electron chi connectivity index (χ2n) is 5.86. The van der Waals surface area contributed by atoms with Gasteiger partial charge in [0.2, 0.25) is 0 Å². The molecule has 0 radical (unpaired) electrons. The first-order valence-electron chi connectivity index (χ1n) is 7.71. The van der Waals surface area contributed by atoms with E-state index in [-0.39, 0.29) is 24.4 Å². The maximum absolute atomic E-state index is 12.3. The van der Waals surface area contributed by atoms with Crippen molar-refractivity contribution in [3.05, 3.63) is 23.8 Å². The number of carbonyl (C=O) groups is 1. The van der Waals surface area contributed by atoms with Gasteiger partial charge in [-0.1, -0.05) is 6.07 Å². The van der Waals surface area contributed by atoms with Gasteiger partial charge in [-0.2, -0.15) is 8.78 Å². The molecule has 0 bridgehead atoms. The number of rotatable bonds is 5. The summed E-state index contributed by atoms with van der Waals surface area (Å²) in [4.78, 5) is 12.0. The summed E-state index contributed by atoms with van der Waals surface area (Å²) in [6, 6.07) is 4.32. The van der Waals surface area contributed by atoms with Gasteiger partial charge in [-0.15, -0.1) is 0 Å². The van der Waals surface area contributed by atoms with Crippen molar-refractivity contribution in [1.29, 1.82) is 0 Å². The fourth-order valence-electron chi connectivity index (χ4n) is 2.74. The number of hydrogen-bond acceptors (Lipinski definition) is 3. The van der Waals surface area contributed by atoms with E-state index in [9.17, 15) is 13.6 Å². The van der Waals surface area contributed by atoms with Crippen molar-refractivity contribution in [2.75, 3.05) is 11.9 Å². The monoisotopic (exact) mass is 328 g/mol. The average molecular weight is 328 g/mol. The Morgan fingerprint density at radius 3 is 2.65 bits per heavy atom. The number of aliphatic hydroxyl groups excluding tert-OH is 1. The van der Waals surface area contributed by atoms with Gasteiger partial charge >= 0.3 is 12.6 Å². The topological polar surface area (TPSA) is 70.6 Å². The smallest absolute Gasteiger partial charge is 0.387 e. The summed E-state index contributed by atoms with van der Waals surface area (Å²) in [6.45, 7) is -1.06. The molecule has 0 atom stereocenters. The normalized spacial score (nSPS) is 21.1. The first-order valence-corrected chi connectivity index (χ1v) is 7.71. The van der Waals surface area contributed by atoms with Crippen LogP contribution in [0.4, 0.5) is 19.3 Å². The lowest BCUT2D eigenvalue weighted by molar-refractivity contribution is -0.0502. The van der Waals surface area contributed by atoms with Crippen LogP contribution in [0.3, 0.4) is 0 Å². The summed E-state index contributed by atoms with van der Waals surface area (Å²) in [5.41, 5.74) is 0.964. The summed E-state index contributed by atoms with van der Waals surface area (Å²) < 4.78 is 29.1. The Hall–Kier alpha value is -1.89. The molecule has 0 spiro atoms. The number of ether oxygens (including phenoxy) is 1. The van der Waals surface area contributed by atoms with Gasteiger partial charge in [0.05, 0.1) is 0 Å². The number of amides is 2. The molecule has 2 rings (SSSR count). The van der Waals surface area contributed by atoms with E-state index >= 15 is 0 Å². The Labute approximate surface area is 134 Å². The molecule has 128 valence electrons. The highest BCUT2D eigenvalue weighted by molar-refractivity contribution is 5.89. The fraction of sp³-hybridized carbons (Fsp3) is 0.562. The molecule has 0 heterocycles. The predicted octanol–water partition coefficient (Wildman–Crippen LogP) is 3.27. The Morgan fingerprint density at radius 1 is 1.35 bits per heavy atom. The van der Waals surface area contributed by atoms with Crippen LogP contribution in [0.2, 0.25) is 0 Å². The van der Waals surface area contributed by atoms with E-state index in [1.807, 2.05) is 0 Å². The third-order valence-corrected chi connectivity index (χ3v) is 4.10. The number of nitrogens with one attached hydrogen (secondary N) is 2. The number of benzene rings is 1. The molecule has 2 amide bonds. The van der Waals surface area contributed by atoms with Crippen molar-refractivity contribution in [3.8, 4) is 5.75 Å². The van der Waals surface area contributed by atoms with E-state index in [0.29, 0.717) is 17.2 Å². The summed E-state index contributed by atoms with van der Waals surface area (Å²) in [7, 11) is 0. The third kappa shape index (κ3) is 5.35. The maximum Gasteiger partial charge on any atom is 0.387 e. The Kier molecular flexibility index (Phi) is 6.15. The molecule has 0 aliphatic heterocycles. The highest BCUT2D eigenvalue weighted by Gasteiger charge is 2.21. The minimum atomic E-state index is -2.90. The van der Waals surface area contributed by atoms with Crippen LogP contribution in [-0.2, 0) is 0 Å².